The molecule has 4 radical (unpaired) electrons. The van der Waals surface area contributed by atoms with Gasteiger partial charge in [0, 0.05) is 37.3 Å². The Morgan fingerprint density at radius 1 is 0.976 bits per heavy atom. The van der Waals surface area contributed by atoms with E-state index >= 15 is 0 Å². The molecule has 9 heteroatoms. The summed E-state index contributed by atoms with van der Waals surface area (Å²) in [6, 6.07) is 8.66. The van der Waals surface area contributed by atoms with Gasteiger partial charge in [-0.3, -0.25) is 14.4 Å². The minimum Gasteiger partial charge on any atom is -0.396 e. The van der Waals surface area contributed by atoms with Crippen LogP contribution in [0.15, 0.2) is 30.3 Å². The molecule has 7 nitrogen and oxygen atoms in total. The average molecular weight is 582 g/mol. The zero-order valence-corrected chi connectivity index (χ0v) is 27.7. The predicted molar refractivity (Wildman–Crippen MR) is 175 cm³/mol. The molecule has 0 spiro atoms. The van der Waals surface area contributed by atoms with E-state index < -0.39 is 11.6 Å². The van der Waals surface area contributed by atoms with E-state index in [0.29, 0.717) is 38.6 Å². The lowest BCUT2D eigenvalue weighted by Crippen LogP contribution is -2.52. The zero-order chi connectivity index (χ0) is 32.5. The van der Waals surface area contributed by atoms with E-state index in [1.807, 2.05) is 78.8 Å². The molecule has 0 aliphatic carbocycles. The third kappa shape index (κ3) is 16.5. The highest BCUT2D eigenvalue weighted by molar-refractivity contribution is 6.14. The summed E-state index contributed by atoms with van der Waals surface area (Å²) >= 11 is 0. The Labute approximate surface area is 258 Å². The first-order valence-corrected chi connectivity index (χ1v) is 15.4. The molecule has 2 unspecified atom stereocenters. The number of ketones is 1. The summed E-state index contributed by atoms with van der Waals surface area (Å²) in [7, 11) is 11.2. The van der Waals surface area contributed by atoms with Gasteiger partial charge in [-0.15, -0.1) is 0 Å². The van der Waals surface area contributed by atoms with Crippen molar-refractivity contribution in [2.45, 2.75) is 130 Å². The number of unbranched alkanes of at least 4 members (excludes halogenated alkanes) is 1. The number of nitrogens with one attached hydrogen (secondary N) is 1. The molecule has 0 aliphatic heterocycles. The van der Waals surface area contributed by atoms with Crippen molar-refractivity contribution in [3.63, 3.8) is 0 Å². The minimum atomic E-state index is -0.884. The lowest BCUT2D eigenvalue weighted by Gasteiger charge is -2.34. The number of hydrogen-bond donors (Lipinski definition) is 2. The van der Waals surface area contributed by atoms with E-state index in [4.69, 9.17) is 25.5 Å². The molecule has 2 N–H and O–H groups in total. The molecule has 0 bridgehead atoms. The number of aliphatic hydroxyl groups excluding tert-OH is 1. The van der Waals surface area contributed by atoms with E-state index in [1.165, 1.54) is 0 Å². The van der Waals surface area contributed by atoms with Gasteiger partial charge in [-0.05, 0) is 58.1 Å². The minimum absolute atomic E-state index is 0.0500. The number of anilines is 1. The van der Waals surface area contributed by atoms with Gasteiger partial charge in [-0.25, -0.2) is 0 Å². The molecule has 0 aromatic heterocycles. The number of hydrogen-bond acceptors (Lipinski definition) is 5. The Balaban J connectivity index is 0.00000212. The SMILES string of the molecule is [B]C(C)(C)CCO.[B]CCCCC(NC(=O)CC(C)C)C(=O)N(c1ccccc1)C(C)CCOC(C)(C)C(=O)C(C)C. The first-order chi connectivity index (χ1) is 19.5. The number of para-hydroxylation sites is 1. The molecule has 2 atom stereocenters. The third-order valence-electron chi connectivity index (χ3n) is 6.76. The summed E-state index contributed by atoms with van der Waals surface area (Å²) in [5, 5.41) is 11.1. The standard InChI is InChI=1S/C28H45BN2O4.C5H11BO/c1-20(2)19-25(32)30-24(15-11-12-17-29)27(34)31(23-13-9-8-10-14-23)22(5)16-18-35-28(6,7)26(33)21(3)4;1-5(2,6)3-4-7/h8-10,13-14,20-22,24H,11-12,15-19H2,1-7H3,(H,30,32);7H,3-4H2,1-2H3. The van der Waals surface area contributed by atoms with Crippen molar-refractivity contribution >= 4 is 39.0 Å². The van der Waals surface area contributed by atoms with Gasteiger partial charge < -0.3 is 20.1 Å². The second-order valence-electron chi connectivity index (χ2n) is 13.0. The highest BCUT2D eigenvalue weighted by Gasteiger charge is 2.32. The van der Waals surface area contributed by atoms with E-state index in [-0.39, 0.29) is 47.4 Å². The van der Waals surface area contributed by atoms with Crippen molar-refractivity contribution in [2.24, 2.45) is 11.8 Å². The molecule has 0 heterocycles. The summed E-state index contributed by atoms with van der Waals surface area (Å²) in [5.41, 5.74) is -0.116. The molecule has 0 saturated heterocycles. The number of rotatable bonds is 18. The fraction of sp³-hybridized carbons (Fsp3) is 0.727. The molecule has 0 fully saturated rings. The Hall–Kier alpha value is -2.12. The van der Waals surface area contributed by atoms with Crippen molar-refractivity contribution in [1.29, 1.82) is 0 Å². The van der Waals surface area contributed by atoms with E-state index in [1.54, 1.807) is 18.7 Å². The van der Waals surface area contributed by atoms with Gasteiger partial charge in [-0.2, -0.15) is 0 Å². The molecular weight excluding hydrogens is 526 g/mol. The van der Waals surface area contributed by atoms with Crippen molar-refractivity contribution < 1.29 is 24.2 Å². The molecule has 1 aromatic rings. The number of carbonyl (C=O) groups is 3. The van der Waals surface area contributed by atoms with Crippen LogP contribution in [0.2, 0.25) is 11.6 Å². The quantitative estimate of drug-likeness (QED) is 0.168. The van der Waals surface area contributed by atoms with Crippen LogP contribution in [-0.4, -0.2) is 69.3 Å². The van der Waals surface area contributed by atoms with Crippen molar-refractivity contribution in [2.75, 3.05) is 18.1 Å². The molecule has 2 amide bonds. The maximum atomic E-state index is 13.8. The van der Waals surface area contributed by atoms with E-state index in [0.717, 1.165) is 18.5 Å². The second kappa shape index (κ2) is 20.0. The van der Waals surface area contributed by atoms with Gasteiger partial charge in [0.25, 0.3) is 0 Å². The summed E-state index contributed by atoms with van der Waals surface area (Å²) in [4.78, 5) is 40.6. The fourth-order valence-corrected chi connectivity index (χ4v) is 4.40. The number of benzene rings is 1. The maximum absolute atomic E-state index is 13.8. The molecule has 0 saturated carbocycles. The van der Waals surface area contributed by atoms with Crippen molar-refractivity contribution in [3.8, 4) is 0 Å². The Morgan fingerprint density at radius 3 is 2.02 bits per heavy atom. The maximum Gasteiger partial charge on any atom is 0.249 e. The first kappa shape index (κ1) is 39.9. The van der Waals surface area contributed by atoms with Gasteiger partial charge in [0.1, 0.15) is 11.6 Å². The van der Waals surface area contributed by atoms with Gasteiger partial charge in [0.2, 0.25) is 11.8 Å². The largest absolute Gasteiger partial charge is 0.396 e. The number of amides is 2. The van der Waals surface area contributed by atoms with Crippen LogP contribution in [0, 0.1) is 11.8 Å². The number of aliphatic hydroxyl groups is 1. The number of carbonyl (C=O) groups excluding carboxylic acids is 3. The molecule has 42 heavy (non-hydrogen) atoms. The lowest BCUT2D eigenvalue weighted by molar-refractivity contribution is -0.144. The molecule has 0 aliphatic rings. The Bertz CT molecular complexity index is 917. The van der Waals surface area contributed by atoms with Gasteiger partial charge >= 0.3 is 0 Å². The topological polar surface area (TPSA) is 95.9 Å². The van der Waals surface area contributed by atoms with Gasteiger partial charge in [0.15, 0.2) is 5.78 Å². The van der Waals surface area contributed by atoms with Crippen LogP contribution in [-0.2, 0) is 19.1 Å². The summed E-state index contributed by atoms with van der Waals surface area (Å²) in [6.45, 7) is 17.5. The Kier molecular flexibility index (Phi) is 18.9. The monoisotopic (exact) mass is 582 g/mol. The number of nitrogens with zero attached hydrogens (tertiary/aromatic N) is 1. The molecule has 1 aromatic carbocycles. The molecule has 234 valence electrons. The summed E-state index contributed by atoms with van der Waals surface area (Å²) < 4.78 is 5.97. The predicted octanol–water partition coefficient (Wildman–Crippen LogP) is 5.84. The van der Waals surface area contributed by atoms with Crippen LogP contribution < -0.4 is 10.2 Å². The van der Waals surface area contributed by atoms with Crippen LogP contribution in [0.5, 0.6) is 0 Å². The number of ether oxygens (including phenoxy) is 1. The third-order valence-corrected chi connectivity index (χ3v) is 6.76. The Morgan fingerprint density at radius 2 is 1.57 bits per heavy atom. The average Bonchev–Trinajstić information content (AvgIpc) is 2.87. The fourth-order valence-electron chi connectivity index (χ4n) is 4.40. The summed E-state index contributed by atoms with van der Waals surface area (Å²) in [6.07, 6.45) is 4.20. The summed E-state index contributed by atoms with van der Waals surface area (Å²) in [5.74, 6) is -0.130. The normalized spacial score (nSPS) is 13.2. The van der Waals surface area contributed by atoms with Gasteiger partial charge in [-0.1, -0.05) is 84.2 Å². The van der Waals surface area contributed by atoms with Crippen LogP contribution in [0.4, 0.5) is 5.69 Å². The number of Topliss-reactive ketones (excluding diaryl/α,β-unsaturated/α-hetero) is 1. The van der Waals surface area contributed by atoms with Crippen molar-refractivity contribution in [3.05, 3.63) is 30.3 Å². The van der Waals surface area contributed by atoms with E-state index in [2.05, 4.69) is 5.32 Å². The van der Waals surface area contributed by atoms with Crippen LogP contribution in [0.3, 0.4) is 0 Å². The highest BCUT2D eigenvalue weighted by Crippen LogP contribution is 2.23. The zero-order valence-electron chi connectivity index (χ0n) is 27.7. The lowest BCUT2D eigenvalue weighted by atomic mass is 9.70. The van der Waals surface area contributed by atoms with Crippen LogP contribution in [0.1, 0.15) is 101 Å². The van der Waals surface area contributed by atoms with Crippen LogP contribution >= 0.6 is 0 Å². The smallest absolute Gasteiger partial charge is 0.249 e. The molecular formula is C33H56B2N2O5. The second-order valence-corrected chi connectivity index (χ2v) is 13.0. The van der Waals surface area contributed by atoms with Crippen LogP contribution in [0.25, 0.3) is 0 Å². The van der Waals surface area contributed by atoms with Gasteiger partial charge in [0.05, 0.1) is 15.7 Å². The first-order valence-electron chi connectivity index (χ1n) is 15.4. The highest BCUT2D eigenvalue weighted by atomic mass is 16.5. The van der Waals surface area contributed by atoms with E-state index in [9.17, 15) is 14.4 Å². The molecule has 1 rings (SSSR count). The van der Waals surface area contributed by atoms with Crippen molar-refractivity contribution in [1.82, 2.24) is 5.32 Å².